The Morgan fingerprint density at radius 2 is 1.59 bits per heavy atom. The normalized spacial score (nSPS) is 23.4. The van der Waals surface area contributed by atoms with Gasteiger partial charge in [0.25, 0.3) is 0 Å². The Labute approximate surface area is 162 Å². The summed E-state index contributed by atoms with van der Waals surface area (Å²) in [5, 5.41) is 3.29. The highest BCUT2D eigenvalue weighted by molar-refractivity contribution is 8.01. The summed E-state index contributed by atoms with van der Waals surface area (Å²) in [6, 6.07) is 6.94. The average Bonchev–Trinajstić information content (AvgIpc) is 2.60. The zero-order valence-electron chi connectivity index (χ0n) is 15.5. The number of thioether (sulfide) groups is 1. The summed E-state index contributed by atoms with van der Waals surface area (Å²) in [5.41, 5.74) is 0.957. The van der Waals surface area contributed by atoms with Crippen molar-refractivity contribution in [3.63, 3.8) is 0 Å². The molecule has 0 radical (unpaired) electrons. The van der Waals surface area contributed by atoms with Gasteiger partial charge in [-0.05, 0) is 18.6 Å². The first kappa shape index (κ1) is 18.0. The molecule has 3 aliphatic rings. The Hall–Kier alpha value is -2.40. The van der Waals surface area contributed by atoms with E-state index in [2.05, 4.69) is 26.1 Å². The summed E-state index contributed by atoms with van der Waals surface area (Å²) in [5.74, 6) is -0.399. The minimum Gasteiger partial charge on any atom is -0.370 e. The average molecular weight is 379 g/mol. The molecule has 5 heteroatoms. The van der Waals surface area contributed by atoms with Crippen molar-refractivity contribution in [3.05, 3.63) is 71.0 Å². The van der Waals surface area contributed by atoms with E-state index in [0.29, 0.717) is 28.8 Å². The van der Waals surface area contributed by atoms with Crippen LogP contribution in [-0.4, -0.2) is 27.5 Å². The number of nitrogens with one attached hydrogen (secondary N) is 1. The van der Waals surface area contributed by atoms with Crippen molar-refractivity contribution >= 4 is 29.1 Å². The van der Waals surface area contributed by atoms with Gasteiger partial charge >= 0.3 is 0 Å². The summed E-state index contributed by atoms with van der Waals surface area (Å²) in [4.78, 5) is 38.3. The molecule has 27 heavy (non-hydrogen) atoms. The molecular formula is C22H21NO3S. The molecule has 0 bridgehead atoms. The lowest BCUT2D eigenvalue weighted by molar-refractivity contribution is -0.110. The van der Waals surface area contributed by atoms with Crippen LogP contribution >= 0.6 is 11.8 Å². The van der Waals surface area contributed by atoms with E-state index in [9.17, 15) is 14.4 Å². The van der Waals surface area contributed by atoms with Crippen molar-refractivity contribution < 1.29 is 14.4 Å². The van der Waals surface area contributed by atoms with Crippen LogP contribution < -0.4 is 5.32 Å². The van der Waals surface area contributed by atoms with E-state index < -0.39 is 5.41 Å². The number of hydrogen-bond donors (Lipinski definition) is 1. The van der Waals surface area contributed by atoms with Gasteiger partial charge in [0.2, 0.25) is 5.78 Å². The van der Waals surface area contributed by atoms with E-state index in [0.717, 1.165) is 0 Å². The molecule has 1 unspecified atom stereocenters. The Morgan fingerprint density at radius 1 is 1.00 bits per heavy atom. The van der Waals surface area contributed by atoms with Crippen LogP contribution in [0.4, 0.5) is 0 Å². The number of allylic oxidation sites excluding steroid dienone is 6. The predicted molar refractivity (Wildman–Crippen MR) is 107 cm³/mol. The lowest BCUT2D eigenvalue weighted by Crippen LogP contribution is -2.48. The van der Waals surface area contributed by atoms with E-state index in [1.54, 1.807) is 48.2 Å². The van der Waals surface area contributed by atoms with E-state index in [1.807, 2.05) is 0 Å². The van der Waals surface area contributed by atoms with Crippen molar-refractivity contribution in [1.29, 1.82) is 0 Å². The third-order valence-electron chi connectivity index (χ3n) is 5.00. The molecule has 1 atom stereocenters. The molecule has 0 aromatic heterocycles. The number of benzene rings is 1. The van der Waals surface area contributed by atoms with Crippen LogP contribution in [0.3, 0.4) is 0 Å². The summed E-state index contributed by atoms with van der Waals surface area (Å²) < 4.78 is -0.0194. The van der Waals surface area contributed by atoms with Gasteiger partial charge in [0.05, 0.1) is 11.1 Å². The quantitative estimate of drug-likeness (QED) is 0.803. The Kier molecular flexibility index (Phi) is 4.04. The number of hydrogen-bond acceptors (Lipinski definition) is 5. The third-order valence-corrected chi connectivity index (χ3v) is 6.28. The molecule has 0 saturated carbocycles. The smallest absolute Gasteiger partial charge is 0.210 e. The summed E-state index contributed by atoms with van der Waals surface area (Å²) in [6.45, 7) is 6.36. The lowest BCUT2D eigenvalue weighted by Gasteiger charge is -2.44. The van der Waals surface area contributed by atoms with Crippen molar-refractivity contribution in [3.8, 4) is 0 Å². The zero-order chi connectivity index (χ0) is 19.4. The maximum Gasteiger partial charge on any atom is 0.210 e. The van der Waals surface area contributed by atoms with Gasteiger partial charge in [-0.3, -0.25) is 14.4 Å². The van der Waals surface area contributed by atoms with Gasteiger partial charge in [-0.15, -0.1) is 11.8 Å². The number of carbonyl (C=O) groups excluding carboxylic acids is 3. The number of fused-ring (bicyclic) bond motifs is 2. The van der Waals surface area contributed by atoms with Crippen LogP contribution in [0.2, 0.25) is 0 Å². The van der Waals surface area contributed by atoms with Crippen LogP contribution in [0, 0.1) is 5.41 Å². The van der Waals surface area contributed by atoms with Crippen LogP contribution in [0.15, 0.2) is 59.8 Å². The van der Waals surface area contributed by atoms with Gasteiger partial charge in [0.15, 0.2) is 11.6 Å². The van der Waals surface area contributed by atoms with Gasteiger partial charge < -0.3 is 5.32 Å². The Morgan fingerprint density at radius 3 is 2.19 bits per heavy atom. The van der Waals surface area contributed by atoms with E-state index >= 15 is 0 Å². The molecule has 1 heterocycles. The topological polar surface area (TPSA) is 63.2 Å². The van der Waals surface area contributed by atoms with Gasteiger partial charge in [-0.2, -0.15) is 0 Å². The molecular weight excluding hydrogens is 358 g/mol. The number of carbonyl (C=O) groups is 3. The molecule has 0 fully saturated rings. The molecule has 138 valence electrons. The predicted octanol–water partition coefficient (Wildman–Crippen LogP) is 3.85. The fraction of sp³-hybridized carbons (Fsp3) is 0.318. The van der Waals surface area contributed by atoms with Crippen LogP contribution in [0.25, 0.3) is 0 Å². The van der Waals surface area contributed by atoms with Gasteiger partial charge in [0, 0.05) is 26.9 Å². The highest BCUT2D eigenvalue weighted by atomic mass is 32.2. The van der Waals surface area contributed by atoms with Gasteiger partial charge in [-0.1, -0.05) is 57.2 Å². The zero-order valence-corrected chi connectivity index (χ0v) is 16.4. The molecule has 2 aliphatic carbocycles. The lowest BCUT2D eigenvalue weighted by atomic mass is 9.66. The van der Waals surface area contributed by atoms with Crippen molar-refractivity contribution in [1.82, 2.24) is 5.32 Å². The van der Waals surface area contributed by atoms with Crippen LogP contribution in [-0.2, 0) is 4.79 Å². The van der Waals surface area contributed by atoms with Gasteiger partial charge in [0.1, 0.15) is 0 Å². The molecule has 4 nitrogen and oxygen atoms in total. The standard InChI is InChI=1S/C22H21NO3S/c1-21(2,3)27-16-12-22(10-8-13(24)9-11-22)17-18(23-16)20(26)15-7-5-4-6-14(15)19(17)25/h4-11,16,23H,12H2,1-3H3. The van der Waals surface area contributed by atoms with Gasteiger partial charge in [-0.25, -0.2) is 0 Å². The van der Waals surface area contributed by atoms with E-state index in [1.165, 1.54) is 12.2 Å². The third kappa shape index (κ3) is 3.00. The van der Waals surface area contributed by atoms with Crippen LogP contribution in [0.1, 0.15) is 47.9 Å². The second-order valence-corrected chi connectivity index (χ2v) is 10.2. The molecule has 1 aliphatic heterocycles. The highest BCUT2D eigenvalue weighted by Gasteiger charge is 2.48. The SMILES string of the molecule is CC(C)(C)SC1CC2(C=CC(=O)C=C2)C2=C(N1)C(=O)c1ccccc1C2=O. The first-order valence-electron chi connectivity index (χ1n) is 9.00. The number of rotatable bonds is 1. The minimum absolute atomic E-state index is 0.0194. The Balaban J connectivity index is 1.89. The molecule has 1 N–H and O–H groups in total. The first-order chi connectivity index (χ1) is 12.7. The van der Waals surface area contributed by atoms with Crippen molar-refractivity contribution in [2.45, 2.75) is 37.3 Å². The largest absolute Gasteiger partial charge is 0.370 e. The minimum atomic E-state index is -0.738. The van der Waals surface area contributed by atoms with E-state index in [-0.39, 0.29) is 27.5 Å². The van der Waals surface area contributed by atoms with E-state index in [4.69, 9.17) is 0 Å². The fourth-order valence-corrected chi connectivity index (χ4v) is 5.34. The molecule has 4 rings (SSSR count). The Bertz CT molecular complexity index is 946. The summed E-state index contributed by atoms with van der Waals surface area (Å²) in [6.07, 6.45) is 7.21. The van der Waals surface area contributed by atoms with Crippen molar-refractivity contribution in [2.24, 2.45) is 5.41 Å². The maximum atomic E-state index is 13.3. The number of ketones is 3. The molecule has 0 amide bonds. The van der Waals surface area contributed by atoms with Crippen molar-refractivity contribution in [2.75, 3.05) is 0 Å². The maximum absolute atomic E-state index is 13.3. The fourth-order valence-electron chi connectivity index (χ4n) is 3.95. The monoisotopic (exact) mass is 379 g/mol. The molecule has 0 saturated heterocycles. The molecule has 1 aromatic rings. The summed E-state index contributed by atoms with van der Waals surface area (Å²) in [7, 11) is 0. The first-order valence-corrected chi connectivity index (χ1v) is 9.88. The second-order valence-electron chi connectivity index (χ2n) is 8.13. The molecule has 1 spiro atoms. The summed E-state index contributed by atoms with van der Waals surface area (Å²) >= 11 is 1.72. The number of Topliss-reactive ketones (excluding diaryl/α,β-unsaturated/α-hetero) is 2. The molecule has 1 aromatic carbocycles. The second kappa shape index (κ2) is 6.06. The van der Waals surface area contributed by atoms with Crippen LogP contribution in [0.5, 0.6) is 0 Å². The highest BCUT2D eigenvalue weighted by Crippen LogP contribution is 2.49.